The Morgan fingerprint density at radius 2 is 2.14 bits per heavy atom. The molecule has 0 amide bonds. The van der Waals surface area contributed by atoms with Gasteiger partial charge in [0.15, 0.2) is 11.0 Å². The van der Waals surface area contributed by atoms with Crippen molar-refractivity contribution in [3.63, 3.8) is 0 Å². The molecule has 6 heteroatoms. The first-order chi connectivity index (χ1) is 10.7. The van der Waals surface area contributed by atoms with Crippen LogP contribution in [0.3, 0.4) is 0 Å². The van der Waals surface area contributed by atoms with Crippen molar-refractivity contribution in [3.8, 4) is 11.4 Å². The van der Waals surface area contributed by atoms with E-state index in [4.69, 9.17) is 4.42 Å². The highest BCUT2D eigenvalue weighted by Gasteiger charge is 2.16. The van der Waals surface area contributed by atoms with E-state index in [9.17, 15) is 4.39 Å². The van der Waals surface area contributed by atoms with Crippen molar-refractivity contribution in [2.24, 2.45) is 0 Å². The van der Waals surface area contributed by atoms with Gasteiger partial charge in [-0.3, -0.25) is 0 Å². The summed E-state index contributed by atoms with van der Waals surface area (Å²) in [5.74, 6) is 2.06. The molecule has 114 valence electrons. The molecule has 0 saturated heterocycles. The minimum atomic E-state index is -0.218. The summed E-state index contributed by atoms with van der Waals surface area (Å²) >= 11 is 1.55. The molecule has 2 aromatic heterocycles. The lowest BCUT2D eigenvalue weighted by atomic mass is 10.2. The zero-order valence-electron chi connectivity index (χ0n) is 12.4. The Morgan fingerprint density at radius 3 is 2.82 bits per heavy atom. The van der Waals surface area contributed by atoms with Crippen LogP contribution in [0.4, 0.5) is 4.39 Å². The highest BCUT2D eigenvalue weighted by atomic mass is 32.2. The van der Waals surface area contributed by atoms with Gasteiger partial charge in [-0.1, -0.05) is 23.9 Å². The fraction of sp³-hybridized carbons (Fsp3) is 0.250. The van der Waals surface area contributed by atoms with Crippen LogP contribution in [-0.4, -0.2) is 14.8 Å². The van der Waals surface area contributed by atoms with Crippen LogP contribution in [0.15, 0.2) is 46.2 Å². The van der Waals surface area contributed by atoms with Crippen LogP contribution in [0, 0.1) is 12.7 Å². The van der Waals surface area contributed by atoms with Crippen molar-refractivity contribution < 1.29 is 8.81 Å². The molecule has 0 N–H and O–H groups in total. The molecule has 4 nitrogen and oxygen atoms in total. The highest BCUT2D eigenvalue weighted by Crippen LogP contribution is 2.28. The zero-order chi connectivity index (χ0) is 15.5. The molecular weight excluding hydrogens is 301 g/mol. The standard InChI is InChI=1S/C16H16FN3OS/c1-3-20-15(14-7-8-21-11(14)2)18-19-16(20)22-10-12-5-4-6-13(17)9-12/h4-9H,3,10H2,1-2H3. The van der Waals surface area contributed by atoms with Crippen molar-refractivity contribution in [3.05, 3.63) is 53.7 Å². The van der Waals surface area contributed by atoms with E-state index in [0.717, 1.165) is 34.4 Å². The fourth-order valence-corrected chi connectivity index (χ4v) is 3.22. The van der Waals surface area contributed by atoms with E-state index in [2.05, 4.69) is 17.1 Å². The van der Waals surface area contributed by atoms with Gasteiger partial charge in [0.1, 0.15) is 11.6 Å². The molecule has 0 radical (unpaired) electrons. The maximum absolute atomic E-state index is 13.2. The third kappa shape index (κ3) is 2.92. The minimum Gasteiger partial charge on any atom is -0.469 e. The van der Waals surface area contributed by atoms with E-state index in [1.54, 1.807) is 30.2 Å². The number of thioether (sulfide) groups is 1. The predicted octanol–water partition coefficient (Wildman–Crippen LogP) is 4.30. The fourth-order valence-electron chi connectivity index (χ4n) is 2.27. The summed E-state index contributed by atoms with van der Waals surface area (Å²) in [5.41, 5.74) is 1.88. The van der Waals surface area contributed by atoms with Crippen molar-refractivity contribution in [2.75, 3.05) is 0 Å². The molecule has 2 heterocycles. The van der Waals surface area contributed by atoms with Crippen molar-refractivity contribution in [2.45, 2.75) is 31.3 Å². The minimum absolute atomic E-state index is 0.218. The molecule has 3 aromatic rings. The second-order valence-electron chi connectivity index (χ2n) is 4.86. The quantitative estimate of drug-likeness (QED) is 0.658. The van der Waals surface area contributed by atoms with Crippen molar-refractivity contribution >= 4 is 11.8 Å². The number of nitrogens with zero attached hydrogens (tertiary/aromatic N) is 3. The number of benzene rings is 1. The van der Waals surface area contributed by atoms with Crippen molar-refractivity contribution in [1.82, 2.24) is 14.8 Å². The molecule has 0 aliphatic carbocycles. The van der Waals surface area contributed by atoms with Gasteiger partial charge in [-0.05, 0) is 37.6 Å². The Labute approximate surface area is 132 Å². The first-order valence-corrected chi connectivity index (χ1v) is 8.02. The van der Waals surface area contributed by atoms with Crippen LogP contribution in [0.1, 0.15) is 18.2 Å². The van der Waals surface area contributed by atoms with Crippen LogP contribution in [0.5, 0.6) is 0 Å². The molecule has 0 aliphatic rings. The summed E-state index contributed by atoms with van der Waals surface area (Å²) in [6.07, 6.45) is 1.65. The number of hydrogen-bond donors (Lipinski definition) is 0. The maximum atomic E-state index is 13.2. The Balaban J connectivity index is 1.83. The Hall–Kier alpha value is -2.08. The van der Waals surface area contributed by atoms with Crippen LogP contribution < -0.4 is 0 Å². The highest BCUT2D eigenvalue weighted by molar-refractivity contribution is 7.98. The average Bonchev–Trinajstić information content (AvgIpc) is 3.10. The monoisotopic (exact) mass is 317 g/mol. The van der Waals surface area contributed by atoms with Gasteiger partial charge in [0.25, 0.3) is 0 Å². The molecule has 0 spiro atoms. The predicted molar refractivity (Wildman–Crippen MR) is 84.1 cm³/mol. The normalized spacial score (nSPS) is 11.0. The van der Waals surface area contributed by atoms with Gasteiger partial charge in [-0.2, -0.15) is 0 Å². The lowest BCUT2D eigenvalue weighted by molar-refractivity contribution is 0.534. The van der Waals surface area contributed by atoms with Gasteiger partial charge < -0.3 is 8.98 Å². The second-order valence-corrected chi connectivity index (χ2v) is 5.80. The maximum Gasteiger partial charge on any atom is 0.191 e. The topological polar surface area (TPSA) is 43.9 Å². The third-order valence-corrected chi connectivity index (χ3v) is 4.43. The van der Waals surface area contributed by atoms with Gasteiger partial charge in [0.05, 0.1) is 11.8 Å². The number of aryl methyl sites for hydroxylation is 1. The van der Waals surface area contributed by atoms with Crippen LogP contribution in [0.2, 0.25) is 0 Å². The van der Waals surface area contributed by atoms with Crippen LogP contribution >= 0.6 is 11.8 Å². The average molecular weight is 317 g/mol. The van der Waals surface area contributed by atoms with E-state index < -0.39 is 0 Å². The molecule has 0 fully saturated rings. The first kappa shape index (κ1) is 14.8. The first-order valence-electron chi connectivity index (χ1n) is 7.04. The molecule has 0 aliphatic heterocycles. The number of rotatable bonds is 5. The van der Waals surface area contributed by atoms with E-state index in [0.29, 0.717) is 5.75 Å². The second kappa shape index (κ2) is 6.36. The number of hydrogen-bond acceptors (Lipinski definition) is 4. The molecular formula is C16H16FN3OS. The van der Waals surface area contributed by atoms with Gasteiger partial charge in [-0.15, -0.1) is 10.2 Å². The molecule has 0 bridgehead atoms. The summed E-state index contributed by atoms with van der Waals surface area (Å²) in [4.78, 5) is 0. The van der Waals surface area contributed by atoms with Crippen molar-refractivity contribution in [1.29, 1.82) is 0 Å². The molecule has 22 heavy (non-hydrogen) atoms. The molecule has 0 unspecified atom stereocenters. The summed E-state index contributed by atoms with van der Waals surface area (Å²) < 4.78 is 20.6. The van der Waals surface area contributed by atoms with Gasteiger partial charge in [0.2, 0.25) is 0 Å². The van der Waals surface area contributed by atoms with E-state index in [1.807, 2.05) is 23.6 Å². The molecule has 1 aromatic carbocycles. The SMILES string of the molecule is CCn1c(SCc2cccc(F)c2)nnc1-c1ccoc1C. The number of halogens is 1. The van der Waals surface area contributed by atoms with Gasteiger partial charge in [0, 0.05) is 12.3 Å². The van der Waals surface area contributed by atoms with Crippen LogP contribution in [0.25, 0.3) is 11.4 Å². The summed E-state index contributed by atoms with van der Waals surface area (Å²) in [6.45, 7) is 4.72. The smallest absolute Gasteiger partial charge is 0.191 e. The third-order valence-electron chi connectivity index (χ3n) is 3.39. The van der Waals surface area contributed by atoms with Gasteiger partial charge >= 0.3 is 0 Å². The lowest BCUT2D eigenvalue weighted by Gasteiger charge is -2.06. The molecule has 3 rings (SSSR count). The number of furan rings is 1. The zero-order valence-corrected chi connectivity index (χ0v) is 13.2. The molecule has 0 atom stereocenters. The van der Waals surface area contributed by atoms with E-state index in [-0.39, 0.29) is 5.82 Å². The molecule has 0 saturated carbocycles. The van der Waals surface area contributed by atoms with Gasteiger partial charge in [-0.25, -0.2) is 4.39 Å². The summed E-state index contributed by atoms with van der Waals surface area (Å²) in [6, 6.07) is 8.51. The van der Waals surface area contributed by atoms with E-state index >= 15 is 0 Å². The Morgan fingerprint density at radius 1 is 1.27 bits per heavy atom. The van der Waals surface area contributed by atoms with Crippen LogP contribution in [-0.2, 0) is 12.3 Å². The summed E-state index contributed by atoms with van der Waals surface area (Å²) in [5, 5.41) is 9.36. The Bertz CT molecular complexity index is 781. The number of aromatic nitrogens is 3. The largest absolute Gasteiger partial charge is 0.469 e. The summed E-state index contributed by atoms with van der Waals surface area (Å²) in [7, 11) is 0. The van der Waals surface area contributed by atoms with E-state index in [1.165, 1.54) is 6.07 Å². The Kier molecular flexibility index (Phi) is 4.29. The lowest BCUT2D eigenvalue weighted by Crippen LogP contribution is -2.00.